The quantitative estimate of drug-likeness (QED) is 0.555. The van der Waals surface area contributed by atoms with Gasteiger partial charge in [0.25, 0.3) is 5.91 Å². The fourth-order valence-electron chi connectivity index (χ4n) is 2.40. The molecule has 0 saturated heterocycles. The number of amides is 1. The number of hydrogen-bond donors (Lipinski definition) is 4. The smallest absolute Gasteiger partial charge is 0.326 e. The second kappa shape index (κ2) is 6.51. The van der Waals surface area contributed by atoms with Crippen LogP contribution in [0.1, 0.15) is 30.3 Å². The molecule has 1 aliphatic rings. The molecule has 22 heavy (non-hydrogen) atoms. The minimum atomic E-state index is -1.03. The fourth-order valence-corrected chi connectivity index (χ4v) is 2.74. The first kappa shape index (κ1) is 16.5. The first-order valence-electron chi connectivity index (χ1n) is 6.99. The second-order valence-corrected chi connectivity index (χ2v) is 6.67. The Hall–Kier alpha value is -1.83. The monoisotopic (exact) mass is 371 g/mol. The molecular formula is C14H20BrN4O3+. The van der Waals surface area contributed by atoms with E-state index in [2.05, 4.69) is 38.5 Å². The lowest BCUT2D eigenvalue weighted by atomic mass is 9.93. The van der Waals surface area contributed by atoms with E-state index in [1.54, 1.807) is 12.3 Å². The van der Waals surface area contributed by atoms with E-state index in [1.165, 1.54) is 0 Å². The van der Waals surface area contributed by atoms with Crippen molar-refractivity contribution in [2.24, 2.45) is 0 Å². The Balaban J connectivity index is 1.97. The normalized spacial score (nSPS) is 21.9. The van der Waals surface area contributed by atoms with Crippen molar-refractivity contribution in [1.82, 2.24) is 15.6 Å². The molecule has 1 aromatic heterocycles. The van der Waals surface area contributed by atoms with Crippen molar-refractivity contribution in [3.8, 4) is 0 Å². The summed E-state index contributed by atoms with van der Waals surface area (Å²) in [6, 6.07) is 0.694. The molecule has 2 heterocycles. The Labute approximate surface area is 136 Å². The maximum atomic E-state index is 12.1. The molecule has 120 valence electrons. The van der Waals surface area contributed by atoms with Crippen LogP contribution in [0, 0.1) is 0 Å². The summed E-state index contributed by atoms with van der Waals surface area (Å²) in [5.41, 5.74) is 0.186. The third kappa shape index (κ3) is 3.68. The zero-order valence-electron chi connectivity index (χ0n) is 12.5. The molecule has 8 heteroatoms. The van der Waals surface area contributed by atoms with Gasteiger partial charge in [0.05, 0.1) is 7.05 Å². The molecule has 0 aliphatic carbocycles. The summed E-state index contributed by atoms with van der Waals surface area (Å²) in [5.74, 6) is -1.45. The van der Waals surface area contributed by atoms with E-state index >= 15 is 0 Å². The van der Waals surface area contributed by atoms with E-state index in [9.17, 15) is 14.7 Å². The number of carbonyl (C=O) groups is 2. The largest absolute Gasteiger partial charge is 0.480 e. The number of carboxylic acid groups (broad SMARTS) is 1. The number of aromatic amines is 1. The maximum Gasteiger partial charge on any atom is 0.326 e. The highest BCUT2D eigenvalue weighted by Gasteiger charge is 2.37. The summed E-state index contributed by atoms with van der Waals surface area (Å²) in [6.45, 7) is 2.82. The number of carboxylic acids is 1. The van der Waals surface area contributed by atoms with Gasteiger partial charge in [-0.3, -0.25) is 14.7 Å². The van der Waals surface area contributed by atoms with Gasteiger partial charge in [0.2, 0.25) is 6.34 Å². The number of carbonyl (C=O) groups excluding carboxylic acids is 1. The molecule has 1 aromatic rings. The van der Waals surface area contributed by atoms with Crippen molar-refractivity contribution < 1.29 is 19.3 Å². The highest BCUT2D eigenvalue weighted by Crippen LogP contribution is 2.19. The lowest BCUT2D eigenvalue weighted by Gasteiger charge is -2.23. The molecule has 4 N–H and O–H groups in total. The number of rotatable bonds is 6. The standard InChI is InChI=1S/C14H19BrN4O3/c1-14(7-16-8-19(14)2)4-3-10(13(21)22)18-12(20)11-5-9(15)6-17-11/h5-6,8,10H,3-4,7H2,1-2H3,(H3,17,18,20,21,22)/p+1/t10-,14+/m1/s1. The van der Waals surface area contributed by atoms with Crippen LogP contribution in [0.2, 0.25) is 0 Å². The average Bonchev–Trinajstić information content (AvgIpc) is 3.02. The number of halogens is 1. The molecule has 2 rings (SSSR count). The Kier molecular flexibility index (Phi) is 4.90. The number of likely N-dealkylation sites (N-methyl/N-ethyl adjacent to an activating group) is 1. The Morgan fingerprint density at radius 2 is 2.32 bits per heavy atom. The molecule has 0 fully saturated rings. The highest BCUT2D eigenvalue weighted by molar-refractivity contribution is 9.10. The van der Waals surface area contributed by atoms with Gasteiger partial charge in [0.1, 0.15) is 23.8 Å². The van der Waals surface area contributed by atoms with Crippen LogP contribution in [0.3, 0.4) is 0 Å². The second-order valence-electron chi connectivity index (χ2n) is 5.75. The van der Waals surface area contributed by atoms with Gasteiger partial charge in [-0.1, -0.05) is 0 Å². The number of nitrogens with one attached hydrogen (secondary N) is 3. The van der Waals surface area contributed by atoms with Gasteiger partial charge in [-0.05, 0) is 41.8 Å². The molecule has 2 atom stereocenters. The van der Waals surface area contributed by atoms with Crippen LogP contribution in [0.4, 0.5) is 0 Å². The Morgan fingerprint density at radius 1 is 1.59 bits per heavy atom. The minimum absolute atomic E-state index is 0.145. The molecule has 0 aromatic carbocycles. The third-order valence-electron chi connectivity index (χ3n) is 4.09. The summed E-state index contributed by atoms with van der Waals surface area (Å²) in [7, 11) is 1.95. The van der Waals surface area contributed by atoms with Gasteiger partial charge < -0.3 is 15.4 Å². The number of H-pyrrole nitrogens is 1. The van der Waals surface area contributed by atoms with Crippen molar-refractivity contribution >= 4 is 34.1 Å². The van der Waals surface area contributed by atoms with Crippen LogP contribution < -0.4 is 10.6 Å². The predicted molar refractivity (Wildman–Crippen MR) is 85.3 cm³/mol. The van der Waals surface area contributed by atoms with Crippen LogP contribution in [0.15, 0.2) is 16.7 Å². The number of aliphatic carboxylic acids is 1. The first-order chi connectivity index (χ1) is 10.3. The van der Waals surface area contributed by atoms with Gasteiger partial charge in [-0.2, -0.15) is 0 Å². The molecule has 0 radical (unpaired) electrons. The van der Waals surface area contributed by atoms with Crippen LogP contribution in [0.5, 0.6) is 0 Å². The number of aromatic nitrogens is 1. The lowest BCUT2D eigenvalue weighted by Crippen LogP contribution is -2.44. The van der Waals surface area contributed by atoms with E-state index in [1.807, 2.05) is 18.0 Å². The molecule has 0 bridgehead atoms. The van der Waals surface area contributed by atoms with Crippen LogP contribution in [-0.2, 0) is 4.79 Å². The molecule has 0 unspecified atom stereocenters. The Bertz CT molecular complexity index is 613. The van der Waals surface area contributed by atoms with Crippen LogP contribution in [-0.4, -0.2) is 58.1 Å². The Morgan fingerprint density at radius 3 is 2.82 bits per heavy atom. The highest BCUT2D eigenvalue weighted by atomic mass is 79.9. The number of nitrogens with zero attached hydrogens (tertiary/aromatic N) is 1. The SMILES string of the molecule is C[N+]1=CNC[C@]1(C)CC[C@@H](NC(=O)c1cc(Br)c[nH]1)C(=O)O. The van der Waals surface area contributed by atoms with E-state index in [0.717, 1.165) is 11.0 Å². The molecule has 0 saturated carbocycles. The van der Waals surface area contributed by atoms with Gasteiger partial charge in [0.15, 0.2) is 0 Å². The summed E-state index contributed by atoms with van der Waals surface area (Å²) in [5, 5.41) is 15.0. The lowest BCUT2D eigenvalue weighted by molar-refractivity contribution is -0.565. The third-order valence-corrected chi connectivity index (χ3v) is 4.54. The summed E-state index contributed by atoms with van der Waals surface area (Å²) in [6.07, 6.45) is 4.52. The van der Waals surface area contributed by atoms with Gasteiger partial charge >= 0.3 is 5.97 Å². The van der Waals surface area contributed by atoms with Crippen molar-refractivity contribution in [2.45, 2.75) is 31.3 Å². The van der Waals surface area contributed by atoms with E-state index in [0.29, 0.717) is 18.5 Å². The minimum Gasteiger partial charge on any atom is -0.480 e. The van der Waals surface area contributed by atoms with Crippen LogP contribution in [0.25, 0.3) is 0 Å². The van der Waals surface area contributed by atoms with Crippen molar-refractivity contribution in [3.63, 3.8) is 0 Å². The molecule has 7 nitrogen and oxygen atoms in total. The van der Waals surface area contributed by atoms with Crippen molar-refractivity contribution in [3.05, 3.63) is 22.4 Å². The van der Waals surface area contributed by atoms with E-state index in [4.69, 9.17) is 0 Å². The van der Waals surface area contributed by atoms with Crippen LogP contribution >= 0.6 is 15.9 Å². The predicted octanol–water partition coefficient (Wildman–Crippen LogP) is 0.773. The average molecular weight is 372 g/mol. The summed E-state index contributed by atoms with van der Waals surface area (Å²) < 4.78 is 2.78. The zero-order chi connectivity index (χ0) is 16.3. The summed E-state index contributed by atoms with van der Waals surface area (Å²) >= 11 is 3.24. The summed E-state index contributed by atoms with van der Waals surface area (Å²) in [4.78, 5) is 26.2. The first-order valence-corrected chi connectivity index (χ1v) is 7.78. The van der Waals surface area contributed by atoms with Crippen molar-refractivity contribution in [1.29, 1.82) is 0 Å². The number of hydrogen-bond acceptors (Lipinski definition) is 3. The van der Waals surface area contributed by atoms with E-state index < -0.39 is 17.9 Å². The van der Waals surface area contributed by atoms with Gasteiger partial charge in [-0.15, -0.1) is 0 Å². The maximum absolute atomic E-state index is 12.1. The van der Waals surface area contributed by atoms with Gasteiger partial charge in [-0.25, -0.2) is 4.79 Å². The fraction of sp³-hybridized carbons (Fsp3) is 0.500. The molecule has 1 aliphatic heterocycles. The molecular weight excluding hydrogens is 352 g/mol. The molecule has 1 amide bonds. The van der Waals surface area contributed by atoms with Gasteiger partial charge in [0, 0.05) is 10.7 Å². The molecule has 0 spiro atoms. The topological polar surface area (TPSA) is 97.2 Å². The van der Waals surface area contributed by atoms with Crippen molar-refractivity contribution in [2.75, 3.05) is 13.6 Å². The zero-order valence-corrected chi connectivity index (χ0v) is 14.1. The van der Waals surface area contributed by atoms with E-state index in [-0.39, 0.29) is 5.54 Å².